The Labute approximate surface area is 133 Å². The van der Waals surface area contributed by atoms with Crippen molar-refractivity contribution < 1.29 is 0 Å². The Kier molecular flexibility index (Phi) is 5.86. The molecule has 2 atom stereocenters. The standard InChI is InChI=1S/C18H25ClN2/c1-4-17(5-2)21-12-11-16(20-21)13-14(3)18(19)15-9-7-6-8-10-15/h6-12,14,17-18H,4-5,13H2,1-3H3. The number of rotatable bonds is 7. The minimum atomic E-state index is 0.0319. The third-order valence-corrected chi connectivity index (χ3v) is 4.81. The average molecular weight is 305 g/mol. The molecule has 0 spiro atoms. The van der Waals surface area contributed by atoms with Crippen molar-refractivity contribution in [2.75, 3.05) is 0 Å². The topological polar surface area (TPSA) is 17.8 Å². The van der Waals surface area contributed by atoms with Crippen LogP contribution in [0.5, 0.6) is 0 Å². The highest BCUT2D eigenvalue weighted by Gasteiger charge is 2.18. The lowest BCUT2D eigenvalue weighted by atomic mass is 9.96. The molecule has 0 radical (unpaired) electrons. The van der Waals surface area contributed by atoms with Gasteiger partial charge in [0.2, 0.25) is 0 Å². The van der Waals surface area contributed by atoms with Crippen LogP contribution in [0.3, 0.4) is 0 Å². The number of alkyl halides is 1. The van der Waals surface area contributed by atoms with E-state index < -0.39 is 0 Å². The Balaban J connectivity index is 2.01. The molecule has 2 rings (SSSR count). The first-order chi connectivity index (χ1) is 10.2. The minimum Gasteiger partial charge on any atom is -0.269 e. The van der Waals surface area contributed by atoms with E-state index in [0.29, 0.717) is 12.0 Å². The molecule has 1 aromatic heterocycles. The van der Waals surface area contributed by atoms with Gasteiger partial charge in [-0.15, -0.1) is 11.6 Å². The Hall–Kier alpha value is -1.28. The summed E-state index contributed by atoms with van der Waals surface area (Å²) >= 11 is 6.60. The van der Waals surface area contributed by atoms with E-state index in [1.807, 2.05) is 18.2 Å². The molecule has 3 heteroatoms. The smallest absolute Gasteiger partial charge is 0.0628 e. The van der Waals surface area contributed by atoms with Crippen LogP contribution in [-0.4, -0.2) is 9.78 Å². The van der Waals surface area contributed by atoms with E-state index in [-0.39, 0.29) is 5.38 Å². The fourth-order valence-electron chi connectivity index (χ4n) is 2.75. The molecule has 0 saturated carbocycles. The number of benzene rings is 1. The van der Waals surface area contributed by atoms with Crippen molar-refractivity contribution in [3.05, 3.63) is 53.9 Å². The SMILES string of the molecule is CCC(CC)n1ccc(CC(C)C(Cl)c2ccccc2)n1. The van der Waals surface area contributed by atoms with Crippen LogP contribution >= 0.6 is 11.6 Å². The molecule has 0 aliphatic rings. The van der Waals surface area contributed by atoms with Crippen molar-refractivity contribution in [2.24, 2.45) is 5.92 Å². The van der Waals surface area contributed by atoms with Crippen molar-refractivity contribution in [1.82, 2.24) is 9.78 Å². The molecule has 2 unspecified atom stereocenters. The predicted octanol–water partition coefficient (Wildman–Crippen LogP) is 5.40. The molecule has 0 N–H and O–H groups in total. The first kappa shape index (κ1) is 16.1. The molecule has 1 heterocycles. The Bertz CT molecular complexity index is 531. The normalized spacial score (nSPS) is 14.3. The first-order valence-corrected chi connectivity index (χ1v) is 8.32. The van der Waals surface area contributed by atoms with Gasteiger partial charge >= 0.3 is 0 Å². The zero-order valence-electron chi connectivity index (χ0n) is 13.2. The van der Waals surface area contributed by atoms with E-state index in [9.17, 15) is 0 Å². The number of hydrogen-bond acceptors (Lipinski definition) is 1. The second-order valence-corrected chi connectivity index (χ2v) is 6.22. The zero-order valence-corrected chi connectivity index (χ0v) is 13.9. The summed E-state index contributed by atoms with van der Waals surface area (Å²) < 4.78 is 2.10. The van der Waals surface area contributed by atoms with Gasteiger partial charge < -0.3 is 0 Å². The summed E-state index contributed by atoms with van der Waals surface area (Å²) in [6, 6.07) is 12.9. The molecule has 2 nitrogen and oxygen atoms in total. The molecule has 0 amide bonds. The van der Waals surface area contributed by atoms with Crippen LogP contribution in [-0.2, 0) is 6.42 Å². The maximum absolute atomic E-state index is 6.60. The molecule has 0 aliphatic carbocycles. The minimum absolute atomic E-state index is 0.0319. The van der Waals surface area contributed by atoms with Crippen molar-refractivity contribution >= 4 is 11.6 Å². The summed E-state index contributed by atoms with van der Waals surface area (Å²) in [7, 11) is 0. The van der Waals surface area contributed by atoms with Crippen molar-refractivity contribution in [1.29, 1.82) is 0 Å². The molecule has 0 saturated heterocycles. The van der Waals surface area contributed by atoms with Gasteiger partial charge in [0, 0.05) is 6.20 Å². The van der Waals surface area contributed by atoms with E-state index in [1.165, 1.54) is 5.56 Å². The highest BCUT2D eigenvalue weighted by Crippen LogP contribution is 2.30. The van der Waals surface area contributed by atoms with E-state index in [0.717, 1.165) is 25.0 Å². The van der Waals surface area contributed by atoms with Crippen LogP contribution in [0.25, 0.3) is 0 Å². The first-order valence-electron chi connectivity index (χ1n) is 7.88. The lowest BCUT2D eigenvalue weighted by Gasteiger charge is -2.17. The molecule has 21 heavy (non-hydrogen) atoms. The van der Waals surface area contributed by atoms with Crippen LogP contribution < -0.4 is 0 Å². The van der Waals surface area contributed by atoms with Crippen LogP contribution in [0.4, 0.5) is 0 Å². The van der Waals surface area contributed by atoms with Crippen LogP contribution in [0.15, 0.2) is 42.6 Å². The van der Waals surface area contributed by atoms with Crippen molar-refractivity contribution in [2.45, 2.75) is 51.5 Å². The monoisotopic (exact) mass is 304 g/mol. The van der Waals surface area contributed by atoms with Crippen LogP contribution in [0, 0.1) is 5.92 Å². The van der Waals surface area contributed by atoms with E-state index in [1.54, 1.807) is 0 Å². The van der Waals surface area contributed by atoms with Crippen molar-refractivity contribution in [3.8, 4) is 0 Å². The maximum Gasteiger partial charge on any atom is 0.0628 e. The molecule has 2 aromatic rings. The largest absolute Gasteiger partial charge is 0.269 e. The number of nitrogens with zero attached hydrogens (tertiary/aromatic N) is 2. The molecule has 0 aliphatic heterocycles. The van der Waals surface area contributed by atoms with Gasteiger partial charge in [0.15, 0.2) is 0 Å². The van der Waals surface area contributed by atoms with Gasteiger partial charge in [-0.2, -0.15) is 5.10 Å². The summed E-state index contributed by atoms with van der Waals surface area (Å²) in [6.45, 7) is 6.62. The summed E-state index contributed by atoms with van der Waals surface area (Å²) in [5.41, 5.74) is 2.32. The Morgan fingerprint density at radius 1 is 1.10 bits per heavy atom. The fourth-order valence-corrected chi connectivity index (χ4v) is 2.99. The highest BCUT2D eigenvalue weighted by molar-refractivity contribution is 6.21. The third-order valence-electron chi connectivity index (χ3n) is 4.13. The molecule has 1 aromatic carbocycles. The number of hydrogen-bond donors (Lipinski definition) is 0. The van der Waals surface area contributed by atoms with E-state index >= 15 is 0 Å². The van der Waals surface area contributed by atoms with Gasteiger partial charge in [0.25, 0.3) is 0 Å². The average Bonchev–Trinajstić information content (AvgIpc) is 2.97. The maximum atomic E-state index is 6.60. The van der Waals surface area contributed by atoms with Gasteiger partial charge in [0.05, 0.1) is 17.1 Å². The summed E-state index contributed by atoms with van der Waals surface area (Å²) in [6.07, 6.45) is 5.26. The van der Waals surface area contributed by atoms with Crippen LogP contribution in [0.2, 0.25) is 0 Å². The van der Waals surface area contributed by atoms with Gasteiger partial charge in [-0.25, -0.2) is 0 Å². The van der Waals surface area contributed by atoms with Gasteiger partial charge in [-0.05, 0) is 36.8 Å². The summed E-state index contributed by atoms with van der Waals surface area (Å²) in [5, 5.41) is 4.76. The number of halogens is 1. The second-order valence-electron chi connectivity index (χ2n) is 5.75. The van der Waals surface area contributed by atoms with E-state index in [4.69, 9.17) is 16.7 Å². The highest BCUT2D eigenvalue weighted by atomic mass is 35.5. The summed E-state index contributed by atoms with van der Waals surface area (Å²) in [5.74, 6) is 0.360. The summed E-state index contributed by atoms with van der Waals surface area (Å²) in [4.78, 5) is 0. The Morgan fingerprint density at radius 3 is 2.38 bits per heavy atom. The molecule has 0 fully saturated rings. The molecular formula is C18H25ClN2. The Morgan fingerprint density at radius 2 is 1.76 bits per heavy atom. The van der Waals surface area contributed by atoms with Gasteiger partial charge in [-0.1, -0.05) is 51.1 Å². The number of aromatic nitrogens is 2. The van der Waals surface area contributed by atoms with Crippen molar-refractivity contribution in [3.63, 3.8) is 0 Å². The fraction of sp³-hybridized carbons (Fsp3) is 0.500. The molecule has 0 bridgehead atoms. The zero-order chi connectivity index (χ0) is 15.2. The third kappa shape index (κ3) is 4.10. The molecule has 114 valence electrons. The lowest BCUT2D eigenvalue weighted by Crippen LogP contribution is -2.10. The lowest BCUT2D eigenvalue weighted by molar-refractivity contribution is 0.422. The predicted molar refractivity (Wildman–Crippen MR) is 89.8 cm³/mol. The van der Waals surface area contributed by atoms with Gasteiger partial charge in [0.1, 0.15) is 0 Å². The second kappa shape index (κ2) is 7.65. The van der Waals surface area contributed by atoms with E-state index in [2.05, 4.69) is 49.8 Å². The van der Waals surface area contributed by atoms with Crippen LogP contribution in [0.1, 0.15) is 56.3 Å². The molecular weight excluding hydrogens is 280 g/mol. The quantitative estimate of drug-likeness (QED) is 0.626. The van der Waals surface area contributed by atoms with Gasteiger partial charge in [-0.3, -0.25) is 4.68 Å².